The first-order valence-corrected chi connectivity index (χ1v) is 6.05. The third-order valence-electron chi connectivity index (χ3n) is 3.10. The van der Waals surface area contributed by atoms with E-state index in [1.54, 1.807) is 0 Å². The molecule has 0 aromatic heterocycles. The van der Waals surface area contributed by atoms with E-state index >= 15 is 0 Å². The SMILES string of the molecule is C/C=C(/C[C@H](C)NC)C1=CC=CCC=C1C. The van der Waals surface area contributed by atoms with Gasteiger partial charge < -0.3 is 5.32 Å². The minimum Gasteiger partial charge on any atom is -0.317 e. The summed E-state index contributed by atoms with van der Waals surface area (Å²) in [6, 6.07) is 0.520. The highest BCUT2D eigenvalue weighted by atomic mass is 14.8. The minimum absolute atomic E-state index is 0.520. The predicted molar refractivity (Wildman–Crippen MR) is 72.5 cm³/mol. The Bertz CT molecular complexity index is 342. The Hall–Kier alpha value is -1.08. The summed E-state index contributed by atoms with van der Waals surface area (Å²) in [4.78, 5) is 0. The summed E-state index contributed by atoms with van der Waals surface area (Å²) in [5.74, 6) is 0. The lowest BCUT2D eigenvalue weighted by atomic mass is 9.93. The van der Waals surface area contributed by atoms with Crippen LogP contribution in [0, 0.1) is 0 Å². The Kier molecular flexibility index (Phi) is 5.27. The van der Waals surface area contributed by atoms with E-state index < -0.39 is 0 Å². The molecule has 0 bridgehead atoms. The van der Waals surface area contributed by atoms with Crippen LogP contribution in [0.5, 0.6) is 0 Å². The number of hydrogen-bond donors (Lipinski definition) is 1. The molecule has 0 amide bonds. The smallest absolute Gasteiger partial charge is 0.00762 e. The van der Waals surface area contributed by atoms with E-state index in [1.165, 1.54) is 16.7 Å². The fourth-order valence-electron chi connectivity index (χ4n) is 1.90. The van der Waals surface area contributed by atoms with Gasteiger partial charge in [0.15, 0.2) is 0 Å². The second-order valence-electron chi connectivity index (χ2n) is 4.34. The molecule has 88 valence electrons. The van der Waals surface area contributed by atoms with Crippen LogP contribution in [-0.4, -0.2) is 13.1 Å². The molecule has 0 unspecified atom stereocenters. The van der Waals surface area contributed by atoms with Crippen molar-refractivity contribution in [3.63, 3.8) is 0 Å². The first-order chi connectivity index (χ1) is 7.69. The van der Waals surface area contributed by atoms with Crippen LogP contribution >= 0.6 is 0 Å². The lowest BCUT2D eigenvalue weighted by Crippen LogP contribution is -2.22. The summed E-state index contributed by atoms with van der Waals surface area (Å²) in [6.07, 6.45) is 13.2. The lowest BCUT2D eigenvalue weighted by molar-refractivity contribution is 0.608. The Balaban J connectivity index is 2.88. The highest BCUT2D eigenvalue weighted by molar-refractivity contribution is 5.48. The van der Waals surface area contributed by atoms with E-state index in [2.05, 4.69) is 56.5 Å². The molecule has 1 N–H and O–H groups in total. The molecule has 0 spiro atoms. The van der Waals surface area contributed by atoms with Gasteiger partial charge in [-0.25, -0.2) is 0 Å². The Morgan fingerprint density at radius 1 is 1.56 bits per heavy atom. The van der Waals surface area contributed by atoms with Gasteiger partial charge in [0, 0.05) is 6.04 Å². The normalized spacial score (nSPS) is 18.9. The molecule has 0 radical (unpaired) electrons. The molecule has 0 heterocycles. The van der Waals surface area contributed by atoms with Crippen LogP contribution in [0.1, 0.15) is 33.6 Å². The van der Waals surface area contributed by atoms with E-state index in [1.807, 2.05) is 7.05 Å². The standard InChI is InChI=1S/C15H23N/c1-5-14(11-13(3)16-4)15-10-8-6-7-9-12(15)2/h5-6,8-10,13,16H,7,11H2,1-4H3/b14-5-/t13-/m0/s1. The molecule has 1 aliphatic rings. The van der Waals surface area contributed by atoms with Gasteiger partial charge in [0.2, 0.25) is 0 Å². The van der Waals surface area contributed by atoms with Gasteiger partial charge in [-0.05, 0) is 57.4 Å². The maximum absolute atomic E-state index is 3.29. The summed E-state index contributed by atoms with van der Waals surface area (Å²) in [6.45, 7) is 6.54. The fraction of sp³-hybridized carbons (Fsp3) is 0.467. The van der Waals surface area contributed by atoms with Crippen molar-refractivity contribution in [3.8, 4) is 0 Å². The molecule has 1 nitrogen and oxygen atoms in total. The number of rotatable bonds is 4. The first-order valence-electron chi connectivity index (χ1n) is 6.05. The van der Waals surface area contributed by atoms with Crippen LogP contribution in [0.25, 0.3) is 0 Å². The summed E-state index contributed by atoms with van der Waals surface area (Å²) >= 11 is 0. The van der Waals surface area contributed by atoms with Gasteiger partial charge in [-0.15, -0.1) is 0 Å². The van der Waals surface area contributed by atoms with E-state index in [0.717, 1.165) is 12.8 Å². The lowest BCUT2D eigenvalue weighted by Gasteiger charge is -2.16. The Labute approximate surface area is 99.6 Å². The quantitative estimate of drug-likeness (QED) is 0.756. The highest BCUT2D eigenvalue weighted by Gasteiger charge is 2.10. The van der Waals surface area contributed by atoms with Crippen molar-refractivity contribution in [1.82, 2.24) is 5.32 Å². The van der Waals surface area contributed by atoms with Crippen molar-refractivity contribution >= 4 is 0 Å². The van der Waals surface area contributed by atoms with Crippen molar-refractivity contribution < 1.29 is 0 Å². The van der Waals surface area contributed by atoms with Crippen molar-refractivity contribution in [1.29, 1.82) is 0 Å². The fourth-order valence-corrected chi connectivity index (χ4v) is 1.90. The highest BCUT2D eigenvalue weighted by Crippen LogP contribution is 2.25. The Morgan fingerprint density at radius 3 is 2.94 bits per heavy atom. The molecular weight excluding hydrogens is 194 g/mol. The third-order valence-corrected chi connectivity index (χ3v) is 3.10. The van der Waals surface area contributed by atoms with Gasteiger partial charge >= 0.3 is 0 Å². The second-order valence-corrected chi connectivity index (χ2v) is 4.34. The van der Waals surface area contributed by atoms with Crippen LogP contribution in [-0.2, 0) is 0 Å². The van der Waals surface area contributed by atoms with Crippen molar-refractivity contribution in [2.75, 3.05) is 7.05 Å². The molecule has 1 rings (SSSR count). The average Bonchev–Trinajstić information content (AvgIpc) is 2.50. The van der Waals surface area contributed by atoms with E-state index in [4.69, 9.17) is 0 Å². The monoisotopic (exact) mass is 217 g/mol. The molecule has 16 heavy (non-hydrogen) atoms. The molecule has 0 fully saturated rings. The average molecular weight is 217 g/mol. The maximum Gasteiger partial charge on any atom is 0.00762 e. The number of nitrogens with one attached hydrogen (secondary N) is 1. The van der Waals surface area contributed by atoms with Gasteiger partial charge in [-0.3, -0.25) is 0 Å². The van der Waals surface area contributed by atoms with E-state index in [-0.39, 0.29) is 0 Å². The van der Waals surface area contributed by atoms with Gasteiger partial charge in [0.25, 0.3) is 0 Å². The van der Waals surface area contributed by atoms with Crippen LogP contribution < -0.4 is 5.32 Å². The molecular formula is C15H23N. The van der Waals surface area contributed by atoms with Crippen LogP contribution in [0.2, 0.25) is 0 Å². The van der Waals surface area contributed by atoms with Crippen molar-refractivity contribution in [2.45, 2.75) is 39.7 Å². The molecule has 0 saturated carbocycles. The van der Waals surface area contributed by atoms with E-state index in [0.29, 0.717) is 6.04 Å². The van der Waals surface area contributed by atoms with Crippen LogP contribution in [0.4, 0.5) is 0 Å². The van der Waals surface area contributed by atoms with Gasteiger partial charge in [-0.2, -0.15) is 0 Å². The zero-order valence-electron chi connectivity index (χ0n) is 10.9. The molecule has 0 aromatic rings. The van der Waals surface area contributed by atoms with Crippen molar-refractivity contribution in [3.05, 3.63) is 47.1 Å². The number of hydrogen-bond acceptors (Lipinski definition) is 1. The summed E-state index contributed by atoms with van der Waals surface area (Å²) in [5, 5.41) is 3.29. The molecule has 1 aliphatic carbocycles. The zero-order valence-corrected chi connectivity index (χ0v) is 10.9. The topological polar surface area (TPSA) is 12.0 Å². The van der Waals surface area contributed by atoms with Gasteiger partial charge in [0.05, 0.1) is 0 Å². The number of allylic oxidation sites excluding steroid dienone is 7. The first kappa shape index (κ1) is 13.0. The summed E-state index contributed by atoms with van der Waals surface area (Å²) in [7, 11) is 2.02. The molecule has 1 heteroatoms. The van der Waals surface area contributed by atoms with Gasteiger partial charge in [-0.1, -0.05) is 30.4 Å². The minimum atomic E-state index is 0.520. The third kappa shape index (κ3) is 3.49. The predicted octanol–water partition coefficient (Wildman–Crippen LogP) is 3.76. The molecule has 0 aliphatic heterocycles. The molecule has 0 saturated heterocycles. The van der Waals surface area contributed by atoms with Crippen molar-refractivity contribution in [2.24, 2.45) is 0 Å². The Morgan fingerprint density at radius 2 is 2.31 bits per heavy atom. The van der Waals surface area contributed by atoms with Gasteiger partial charge in [0.1, 0.15) is 0 Å². The molecule has 0 aromatic carbocycles. The summed E-state index contributed by atoms with van der Waals surface area (Å²) in [5.41, 5.74) is 4.21. The summed E-state index contributed by atoms with van der Waals surface area (Å²) < 4.78 is 0. The maximum atomic E-state index is 3.29. The zero-order chi connectivity index (χ0) is 12.0. The molecule has 1 atom stereocenters. The largest absolute Gasteiger partial charge is 0.317 e. The van der Waals surface area contributed by atoms with Crippen LogP contribution in [0.15, 0.2) is 47.1 Å². The van der Waals surface area contributed by atoms with E-state index in [9.17, 15) is 0 Å². The van der Waals surface area contributed by atoms with Crippen LogP contribution in [0.3, 0.4) is 0 Å². The second kappa shape index (κ2) is 6.49.